The average Bonchev–Trinajstić information content (AvgIpc) is 3.38. The molecule has 2 aromatic heterocycles. The highest BCUT2D eigenvalue weighted by atomic mass is 32.2. The number of halogens is 1. The minimum atomic E-state index is -0.295. The molecule has 0 saturated heterocycles. The van der Waals surface area contributed by atoms with E-state index >= 15 is 0 Å². The lowest BCUT2D eigenvalue weighted by Crippen LogP contribution is -2.14. The standard InChI is InChI=1S/C21H17FN4O2S2/c22-17-9-5-4-6-14(17)10-19-25-26-21(28-19)30-13-16-12-29-20(24-16)11-18(27)23-15-7-2-1-3-8-15/h1-9,12H,10-11,13H2,(H,23,27). The minimum absolute atomic E-state index is 0.107. The van der Waals surface area contributed by atoms with Gasteiger partial charge in [0.15, 0.2) is 0 Å². The Kier molecular flexibility index (Phi) is 6.50. The van der Waals surface area contributed by atoms with E-state index in [2.05, 4.69) is 20.5 Å². The van der Waals surface area contributed by atoms with Gasteiger partial charge in [0, 0.05) is 16.8 Å². The van der Waals surface area contributed by atoms with Crippen LogP contribution in [0.3, 0.4) is 0 Å². The Morgan fingerprint density at radius 3 is 2.73 bits per heavy atom. The number of aromatic nitrogens is 3. The van der Waals surface area contributed by atoms with Crippen LogP contribution < -0.4 is 5.32 Å². The highest BCUT2D eigenvalue weighted by molar-refractivity contribution is 7.98. The van der Waals surface area contributed by atoms with Gasteiger partial charge < -0.3 is 9.73 Å². The SMILES string of the molecule is O=C(Cc1nc(CSc2nnc(Cc3ccccc3F)o2)cs1)Nc1ccccc1. The molecule has 0 bridgehead atoms. The Bertz CT molecular complexity index is 1130. The number of hydrogen-bond acceptors (Lipinski definition) is 7. The third-order valence-corrected chi connectivity index (χ3v) is 5.81. The van der Waals surface area contributed by atoms with Crippen LogP contribution in [0.2, 0.25) is 0 Å². The Labute approximate surface area is 180 Å². The molecule has 0 spiro atoms. The molecular weight excluding hydrogens is 423 g/mol. The number of nitrogens with zero attached hydrogens (tertiary/aromatic N) is 3. The third-order valence-electron chi connectivity index (χ3n) is 4.06. The van der Waals surface area contributed by atoms with Crippen LogP contribution in [0.4, 0.5) is 10.1 Å². The van der Waals surface area contributed by atoms with Crippen LogP contribution in [0.1, 0.15) is 22.2 Å². The highest BCUT2D eigenvalue weighted by Crippen LogP contribution is 2.24. The van der Waals surface area contributed by atoms with Gasteiger partial charge in [0.2, 0.25) is 11.8 Å². The van der Waals surface area contributed by atoms with Gasteiger partial charge in [0.05, 0.1) is 18.5 Å². The summed E-state index contributed by atoms with van der Waals surface area (Å²) in [5.74, 6) is 0.498. The van der Waals surface area contributed by atoms with Crippen molar-refractivity contribution in [3.8, 4) is 0 Å². The number of rotatable bonds is 8. The summed E-state index contributed by atoms with van der Waals surface area (Å²) in [4.78, 5) is 16.6. The van der Waals surface area contributed by atoms with E-state index in [1.54, 1.807) is 18.2 Å². The van der Waals surface area contributed by atoms with E-state index < -0.39 is 0 Å². The Morgan fingerprint density at radius 1 is 1.10 bits per heavy atom. The Balaban J connectivity index is 1.28. The van der Waals surface area contributed by atoms with Gasteiger partial charge in [-0.05, 0) is 23.8 Å². The summed E-state index contributed by atoms with van der Waals surface area (Å²) in [6, 6.07) is 15.8. The monoisotopic (exact) mass is 440 g/mol. The molecule has 1 amide bonds. The smallest absolute Gasteiger partial charge is 0.276 e. The van der Waals surface area contributed by atoms with Crippen molar-refractivity contribution in [1.29, 1.82) is 0 Å². The van der Waals surface area contributed by atoms with Crippen LogP contribution >= 0.6 is 23.1 Å². The second kappa shape index (κ2) is 9.64. The molecule has 6 nitrogen and oxygen atoms in total. The van der Waals surface area contributed by atoms with Gasteiger partial charge in [0.1, 0.15) is 10.8 Å². The average molecular weight is 441 g/mol. The van der Waals surface area contributed by atoms with E-state index in [1.165, 1.54) is 29.2 Å². The summed E-state index contributed by atoms with van der Waals surface area (Å²) in [5.41, 5.74) is 2.11. The number of hydrogen-bond donors (Lipinski definition) is 1. The van der Waals surface area contributed by atoms with E-state index in [0.717, 1.165) is 16.4 Å². The number of carbonyl (C=O) groups is 1. The van der Waals surface area contributed by atoms with Crippen LogP contribution in [0.15, 0.2) is 69.6 Å². The van der Waals surface area contributed by atoms with Gasteiger partial charge in [-0.2, -0.15) is 0 Å². The molecule has 0 saturated carbocycles. The number of benzene rings is 2. The van der Waals surface area contributed by atoms with Gasteiger partial charge in [-0.15, -0.1) is 21.5 Å². The zero-order valence-electron chi connectivity index (χ0n) is 15.7. The van der Waals surface area contributed by atoms with Crippen LogP contribution in [0.25, 0.3) is 0 Å². The highest BCUT2D eigenvalue weighted by Gasteiger charge is 2.12. The van der Waals surface area contributed by atoms with E-state index in [0.29, 0.717) is 22.4 Å². The summed E-state index contributed by atoms with van der Waals surface area (Å²) < 4.78 is 19.3. The first-order valence-electron chi connectivity index (χ1n) is 9.12. The van der Waals surface area contributed by atoms with Crippen molar-refractivity contribution in [3.63, 3.8) is 0 Å². The van der Waals surface area contributed by atoms with Crippen molar-refractivity contribution in [3.05, 3.63) is 88.0 Å². The van der Waals surface area contributed by atoms with E-state index in [4.69, 9.17) is 4.42 Å². The van der Waals surface area contributed by atoms with Crippen LogP contribution in [0, 0.1) is 5.82 Å². The fourth-order valence-corrected chi connectivity index (χ4v) is 4.24. The van der Waals surface area contributed by atoms with Gasteiger partial charge in [-0.3, -0.25) is 4.79 Å². The molecule has 0 radical (unpaired) electrons. The topological polar surface area (TPSA) is 80.9 Å². The van der Waals surface area contributed by atoms with E-state index in [9.17, 15) is 9.18 Å². The maximum atomic E-state index is 13.7. The second-order valence-electron chi connectivity index (χ2n) is 6.34. The predicted molar refractivity (Wildman–Crippen MR) is 114 cm³/mol. The van der Waals surface area contributed by atoms with Gasteiger partial charge in [0.25, 0.3) is 5.22 Å². The van der Waals surface area contributed by atoms with Gasteiger partial charge >= 0.3 is 0 Å². The van der Waals surface area contributed by atoms with Crippen LogP contribution in [-0.2, 0) is 23.4 Å². The molecule has 0 aliphatic carbocycles. The van der Waals surface area contributed by atoms with E-state index in [-0.39, 0.29) is 24.6 Å². The van der Waals surface area contributed by atoms with Crippen molar-refractivity contribution < 1.29 is 13.6 Å². The van der Waals surface area contributed by atoms with Crippen molar-refractivity contribution in [2.45, 2.75) is 23.8 Å². The second-order valence-corrected chi connectivity index (χ2v) is 8.21. The lowest BCUT2D eigenvalue weighted by molar-refractivity contribution is -0.115. The Hall–Kier alpha value is -3.04. The van der Waals surface area contributed by atoms with Crippen LogP contribution in [0.5, 0.6) is 0 Å². The lowest BCUT2D eigenvalue weighted by atomic mass is 10.1. The number of para-hydroxylation sites is 1. The summed E-state index contributed by atoms with van der Waals surface area (Å²) in [6.45, 7) is 0. The zero-order valence-corrected chi connectivity index (χ0v) is 17.4. The van der Waals surface area contributed by atoms with E-state index in [1.807, 2.05) is 35.7 Å². The molecule has 1 N–H and O–H groups in total. The van der Waals surface area contributed by atoms with Crippen molar-refractivity contribution in [2.75, 3.05) is 5.32 Å². The largest absolute Gasteiger partial charge is 0.416 e. The molecule has 2 aromatic carbocycles. The first-order chi connectivity index (χ1) is 14.7. The summed E-state index contributed by atoms with van der Waals surface area (Å²) >= 11 is 2.79. The zero-order chi connectivity index (χ0) is 20.8. The fraction of sp³-hybridized carbons (Fsp3) is 0.143. The number of nitrogens with one attached hydrogen (secondary N) is 1. The molecular formula is C21H17FN4O2S2. The van der Waals surface area contributed by atoms with Gasteiger partial charge in [-0.1, -0.05) is 48.2 Å². The number of carbonyl (C=O) groups excluding carboxylic acids is 1. The molecule has 0 unspecified atom stereocenters. The first-order valence-corrected chi connectivity index (χ1v) is 11.0. The fourth-order valence-electron chi connectivity index (χ4n) is 2.67. The summed E-state index contributed by atoms with van der Waals surface area (Å²) in [6.07, 6.45) is 0.467. The maximum Gasteiger partial charge on any atom is 0.276 e. The molecule has 2 heterocycles. The molecule has 0 atom stereocenters. The lowest BCUT2D eigenvalue weighted by Gasteiger charge is -2.02. The molecule has 0 aliphatic heterocycles. The molecule has 4 rings (SSSR count). The molecule has 9 heteroatoms. The Morgan fingerprint density at radius 2 is 1.90 bits per heavy atom. The molecule has 30 heavy (non-hydrogen) atoms. The first kappa shape index (κ1) is 20.2. The van der Waals surface area contributed by atoms with Crippen molar-refractivity contribution in [1.82, 2.24) is 15.2 Å². The minimum Gasteiger partial charge on any atom is -0.416 e. The molecule has 0 aliphatic rings. The van der Waals surface area contributed by atoms with Gasteiger partial charge in [-0.25, -0.2) is 9.37 Å². The molecule has 4 aromatic rings. The van der Waals surface area contributed by atoms with Crippen molar-refractivity contribution >= 4 is 34.7 Å². The summed E-state index contributed by atoms with van der Waals surface area (Å²) in [7, 11) is 0. The summed E-state index contributed by atoms with van der Waals surface area (Å²) in [5, 5.41) is 13.9. The van der Waals surface area contributed by atoms with Crippen molar-refractivity contribution in [2.24, 2.45) is 0 Å². The number of thiazole rings is 1. The molecule has 152 valence electrons. The number of amides is 1. The third kappa shape index (κ3) is 5.52. The maximum absolute atomic E-state index is 13.7. The quantitative estimate of drug-likeness (QED) is 0.399. The van der Waals surface area contributed by atoms with Crippen LogP contribution in [-0.4, -0.2) is 21.1 Å². The predicted octanol–water partition coefficient (Wildman–Crippen LogP) is 4.73. The number of thioether (sulfide) groups is 1. The normalized spacial score (nSPS) is 10.8. The molecule has 0 fully saturated rings. The number of anilines is 1.